The molecule has 0 aliphatic carbocycles. The Balaban J connectivity index is 2.91. The van der Waals surface area contributed by atoms with Crippen LogP contribution >= 0.6 is 11.3 Å². The van der Waals surface area contributed by atoms with E-state index >= 15 is 0 Å². The van der Waals surface area contributed by atoms with Gasteiger partial charge >= 0.3 is 0 Å². The van der Waals surface area contributed by atoms with Gasteiger partial charge in [0.1, 0.15) is 0 Å². The van der Waals surface area contributed by atoms with E-state index in [1.807, 2.05) is 0 Å². The van der Waals surface area contributed by atoms with Crippen LogP contribution in [0.3, 0.4) is 0 Å². The lowest BCUT2D eigenvalue weighted by molar-refractivity contribution is 0.297. The summed E-state index contributed by atoms with van der Waals surface area (Å²) in [5.41, 5.74) is 3.99. The third-order valence-electron chi connectivity index (χ3n) is 1.62. The van der Waals surface area contributed by atoms with Gasteiger partial charge in [-0.3, -0.25) is 0 Å². The quantitative estimate of drug-likeness (QED) is 0.760. The van der Waals surface area contributed by atoms with Crippen LogP contribution in [0, 0.1) is 5.51 Å². The van der Waals surface area contributed by atoms with Gasteiger partial charge in [0.2, 0.25) is 0 Å². The first kappa shape index (κ1) is 9.68. The molecule has 3 heteroatoms. The van der Waals surface area contributed by atoms with Gasteiger partial charge in [-0.15, -0.1) is 11.3 Å². The number of nitrogens with zero attached hydrogens (tertiary/aromatic N) is 1. The summed E-state index contributed by atoms with van der Waals surface area (Å²) in [5.74, 6) is 0. The molecule has 67 valence electrons. The predicted octanol–water partition coefficient (Wildman–Crippen LogP) is 1.78. The summed E-state index contributed by atoms with van der Waals surface area (Å²) in [7, 11) is 0. The fourth-order valence-electron chi connectivity index (χ4n) is 1.09. The highest BCUT2D eigenvalue weighted by Gasteiger charge is 2.20. The molecule has 0 bridgehead atoms. The summed E-state index contributed by atoms with van der Waals surface area (Å²) in [6, 6.07) is 0. The zero-order chi connectivity index (χ0) is 9.19. The van der Waals surface area contributed by atoms with Gasteiger partial charge in [0.25, 0.3) is 0 Å². The Morgan fingerprint density at radius 1 is 1.50 bits per heavy atom. The lowest BCUT2D eigenvalue weighted by Gasteiger charge is -2.17. The molecule has 0 aromatic carbocycles. The van der Waals surface area contributed by atoms with Crippen LogP contribution in [-0.4, -0.2) is 16.7 Å². The van der Waals surface area contributed by atoms with Gasteiger partial charge < -0.3 is 5.11 Å². The van der Waals surface area contributed by atoms with Crippen LogP contribution in [-0.2, 0) is 11.8 Å². The molecule has 0 fully saturated rings. The second-order valence-electron chi connectivity index (χ2n) is 3.80. The average Bonchev–Trinajstić information content (AvgIpc) is 2.34. The van der Waals surface area contributed by atoms with Crippen molar-refractivity contribution in [2.45, 2.75) is 32.6 Å². The lowest BCUT2D eigenvalue weighted by Crippen LogP contribution is -2.12. The SMILES string of the molecule is CC(C)(C)c1s[c]nc1CCO. The highest BCUT2D eigenvalue weighted by molar-refractivity contribution is 7.09. The molecular weight excluding hydrogens is 170 g/mol. The number of rotatable bonds is 2. The second-order valence-corrected chi connectivity index (χ2v) is 4.60. The highest BCUT2D eigenvalue weighted by Crippen LogP contribution is 2.28. The van der Waals surface area contributed by atoms with E-state index in [-0.39, 0.29) is 12.0 Å². The van der Waals surface area contributed by atoms with E-state index in [2.05, 4.69) is 31.3 Å². The smallest absolute Gasteiger partial charge is 0.152 e. The summed E-state index contributed by atoms with van der Waals surface area (Å²) >= 11 is 1.55. The van der Waals surface area contributed by atoms with Crippen LogP contribution in [0.4, 0.5) is 0 Å². The van der Waals surface area contributed by atoms with Crippen LogP contribution in [0.1, 0.15) is 31.3 Å². The van der Waals surface area contributed by atoms with Crippen molar-refractivity contribution in [2.24, 2.45) is 0 Å². The molecule has 0 spiro atoms. The number of aliphatic hydroxyl groups is 1. The molecule has 1 radical (unpaired) electrons. The summed E-state index contributed by atoms with van der Waals surface area (Å²) < 4.78 is 0. The van der Waals surface area contributed by atoms with E-state index in [4.69, 9.17) is 5.11 Å². The van der Waals surface area contributed by atoms with Gasteiger partial charge in [0.15, 0.2) is 5.51 Å². The molecule has 12 heavy (non-hydrogen) atoms. The van der Waals surface area contributed by atoms with Crippen molar-refractivity contribution in [2.75, 3.05) is 6.61 Å². The Labute approximate surface area is 77.3 Å². The minimum Gasteiger partial charge on any atom is -0.396 e. The van der Waals surface area contributed by atoms with Crippen LogP contribution in [0.5, 0.6) is 0 Å². The van der Waals surface area contributed by atoms with E-state index in [0.29, 0.717) is 6.42 Å². The first-order valence-electron chi connectivity index (χ1n) is 4.03. The zero-order valence-corrected chi connectivity index (χ0v) is 8.53. The molecular formula is C9H14NOS. The van der Waals surface area contributed by atoms with Gasteiger partial charge in [0, 0.05) is 17.9 Å². The van der Waals surface area contributed by atoms with Crippen molar-refractivity contribution in [1.82, 2.24) is 4.98 Å². The molecule has 0 unspecified atom stereocenters. The summed E-state index contributed by atoms with van der Waals surface area (Å²) in [5, 5.41) is 8.78. The molecule has 0 atom stereocenters. The van der Waals surface area contributed by atoms with E-state index in [9.17, 15) is 0 Å². The molecule has 1 aromatic heterocycles. The van der Waals surface area contributed by atoms with Gasteiger partial charge in [-0.1, -0.05) is 20.8 Å². The summed E-state index contributed by atoms with van der Waals surface area (Å²) in [6.07, 6.45) is 0.645. The van der Waals surface area contributed by atoms with Crippen molar-refractivity contribution >= 4 is 11.3 Å². The van der Waals surface area contributed by atoms with Crippen molar-refractivity contribution in [1.29, 1.82) is 0 Å². The van der Waals surface area contributed by atoms with Crippen LogP contribution < -0.4 is 0 Å². The average molecular weight is 184 g/mol. The topological polar surface area (TPSA) is 33.1 Å². The first-order valence-corrected chi connectivity index (χ1v) is 4.84. The molecule has 0 saturated carbocycles. The van der Waals surface area contributed by atoms with Crippen molar-refractivity contribution in [3.8, 4) is 0 Å². The maximum atomic E-state index is 8.78. The van der Waals surface area contributed by atoms with Crippen LogP contribution in [0.25, 0.3) is 0 Å². The van der Waals surface area contributed by atoms with Gasteiger partial charge in [0.05, 0.1) is 5.69 Å². The van der Waals surface area contributed by atoms with Crippen LogP contribution in [0.15, 0.2) is 0 Å². The maximum Gasteiger partial charge on any atom is 0.152 e. The van der Waals surface area contributed by atoms with Crippen molar-refractivity contribution < 1.29 is 5.11 Å². The molecule has 1 aromatic rings. The monoisotopic (exact) mass is 184 g/mol. The summed E-state index contributed by atoms with van der Waals surface area (Å²) in [6.45, 7) is 6.61. The molecule has 0 saturated heterocycles. The van der Waals surface area contributed by atoms with Crippen molar-refractivity contribution in [3.05, 3.63) is 16.1 Å². The van der Waals surface area contributed by atoms with E-state index in [0.717, 1.165) is 5.69 Å². The largest absolute Gasteiger partial charge is 0.396 e. The Morgan fingerprint density at radius 2 is 2.17 bits per heavy atom. The number of hydrogen-bond donors (Lipinski definition) is 1. The third-order valence-corrected chi connectivity index (χ3v) is 2.85. The molecule has 2 nitrogen and oxygen atoms in total. The minimum atomic E-state index is 0.127. The lowest BCUT2D eigenvalue weighted by atomic mass is 9.92. The Hall–Kier alpha value is -0.410. The first-order chi connectivity index (χ1) is 5.55. The fourth-order valence-corrected chi connectivity index (χ4v) is 1.91. The van der Waals surface area contributed by atoms with E-state index < -0.39 is 0 Å². The van der Waals surface area contributed by atoms with Gasteiger partial charge in [-0.25, -0.2) is 4.98 Å². The standard InChI is InChI=1S/C9H14NOS/c1-9(2,3)8-7(4-5-11)10-6-12-8/h11H,4-5H2,1-3H3. The molecule has 1 rings (SSSR count). The number of aliphatic hydroxyl groups excluding tert-OH is 1. The Kier molecular flexibility index (Phi) is 2.85. The Bertz CT molecular complexity index is 249. The highest BCUT2D eigenvalue weighted by atomic mass is 32.1. The predicted molar refractivity (Wildman–Crippen MR) is 50.4 cm³/mol. The fraction of sp³-hybridized carbons (Fsp3) is 0.667. The van der Waals surface area contributed by atoms with E-state index in [1.165, 1.54) is 4.88 Å². The summed E-state index contributed by atoms with van der Waals surface area (Å²) in [4.78, 5) is 5.34. The van der Waals surface area contributed by atoms with Crippen LogP contribution in [0.2, 0.25) is 0 Å². The van der Waals surface area contributed by atoms with E-state index in [1.54, 1.807) is 11.3 Å². The Morgan fingerprint density at radius 3 is 2.67 bits per heavy atom. The normalized spacial score (nSPS) is 12.0. The molecule has 0 aliphatic rings. The maximum absolute atomic E-state index is 8.78. The molecule has 1 N–H and O–H groups in total. The minimum absolute atomic E-state index is 0.127. The van der Waals surface area contributed by atoms with Gasteiger partial charge in [-0.2, -0.15) is 0 Å². The van der Waals surface area contributed by atoms with Gasteiger partial charge in [-0.05, 0) is 5.41 Å². The molecule has 1 heterocycles. The zero-order valence-electron chi connectivity index (χ0n) is 7.72. The third kappa shape index (κ3) is 2.05. The molecule has 0 amide bonds. The second kappa shape index (κ2) is 3.54. The molecule has 0 aliphatic heterocycles. The van der Waals surface area contributed by atoms with Crippen molar-refractivity contribution in [3.63, 3.8) is 0 Å². The number of thiazole rings is 1. The number of aromatic nitrogens is 1. The number of hydrogen-bond acceptors (Lipinski definition) is 3.